The third kappa shape index (κ3) is 1.78. The van der Waals surface area contributed by atoms with Crippen LogP contribution in [-0.2, 0) is 0 Å². The Kier molecular flexibility index (Phi) is 2.81. The van der Waals surface area contributed by atoms with Crippen LogP contribution in [0.25, 0.3) is 0 Å². The number of nitrogen functional groups attached to an aromatic ring is 1. The molecule has 72 valence electrons. The van der Waals surface area contributed by atoms with E-state index in [2.05, 4.69) is 18.8 Å². The van der Waals surface area contributed by atoms with E-state index in [-0.39, 0.29) is 0 Å². The summed E-state index contributed by atoms with van der Waals surface area (Å²) in [5, 5.41) is 0.416. The Morgan fingerprint density at radius 3 is 2.31 bits per heavy atom. The van der Waals surface area contributed by atoms with E-state index >= 15 is 0 Å². The summed E-state index contributed by atoms with van der Waals surface area (Å²) in [6, 6.07) is 0. The second-order valence-corrected chi connectivity index (χ2v) is 3.95. The fourth-order valence-corrected chi connectivity index (χ4v) is 1.96. The van der Waals surface area contributed by atoms with Crippen molar-refractivity contribution in [3.05, 3.63) is 22.0 Å². The largest absolute Gasteiger partial charge is 0.396 e. The number of anilines is 1. The molecule has 2 nitrogen and oxygen atoms in total. The quantitative estimate of drug-likeness (QED) is 0.705. The maximum Gasteiger partial charge on any atom is 0.152 e. The average molecular weight is 199 g/mol. The monoisotopic (exact) mass is 198 g/mol. The maximum absolute atomic E-state index is 5.86. The first kappa shape index (κ1) is 10.3. The van der Waals surface area contributed by atoms with E-state index in [9.17, 15) is 0 Å². The van der Waals surface area contributed by atoms with Crippen molar-refractivity contribution in [3.8, 4) is 0 Å². The highest BCUT2D eigenvalue weighted by molar-refractivity contribution is 6.32. The summed E-state index contributed by atoms with van der Waals surface area (Å²) in [6.45, 7) is 8.22. The van der Waals surface area contributed by atoms with E-state index in [1.807, 2.05) is 13.8 Å². The van der Waals surface area contributed by atoms with E-state index in [0.717, 1.165) is 11.3 Å². The number of hydrogen-bond acceptors (Lipinski definition) is 2. The Morgan fingerprint density at radius 1 is 1.31 bits per heavy atom. The van der Waals surface area contributed by atoms with Gasteiger partial charge in [-0.2, -0.15) is 0 Å². The Hall–Kier alpha value is -0.760. The Morgan fingerprint density at radius 2 is 1.85 bits per heavy atom. The first-order valence-electron chi connectivity index (χ1n) is 4.37. The molecule has 0 aliphatic rings. The summed E-state index contributed by atoms with van der Waals surface area (Å²) in [5.41, 5.74) is 9.65. The van der Waals surface area contributed by atoms with Gasteiger partial charge in [-0.15, -0.1) is 0 Å². The summed E-state index contributed by atoms with van der Waals surface area (Å²) in [4.78, 5) is 4.20. The number of aryl methyl sites for hydroxylation is 1. The molecule has 1 aromatic rings. The van der Waals surface area contributed by atoms with Gasteiger partial charge in [-0.05, 0) is 30.9 Å². The van der Waals surface area contributed by atoms with Crippen molar-refractivity contribution in [1.82, 2.24) is 4.98 Å². The molecule has 0 unspecified atom stereocenters. The lowest BCUT2D eigenvalue weighted by Crippen LogP contribution is -2.04. The minimum atomic E-state index is 0.416. The molecule has 13 heavy (non-hydrogen) atoms. The highest BCUT2D eigenvalue weighted by atomic mass is 35.5. The van der Waals surface area contributed by atoms with Crippen LogP contribution >= 0.6 is 11.6 Å². The summed E-state index contributed by atoms with van der Waals surface area (Å²) in [5.74, 6) is 0.437. The number of nitrogens with two attached hydrogens (primary N) is 1. The number of halogens is 1. The van der Waals surface area contributed by atoms with Crippen LogP contribution in [0.15, 0.2) is 0 Å². The van der Waals surface area contributed by atoms with Crippen LogP contribution in [0.2, 0.25) is 5.15 Å². The van der Waals surface area contributed by atoms with Gasteiger partial charge in [-0.25, -0.2) is 4.98 Å². The molecule has 0 saturated heterocycles. The molecule has 0 atom stereocenters. The van der Waals surface area contributed by atoms with Crippen LogP contribution in [0.4, 0.5) is 5.69 Å². The van der Waals surface area contributed by atoms with E-state index in [4.69, 9.17) is 17.3 Å². The lowest BCUT2D eigenvalue weighted by atomic mass is 9.96. The SMILES string of the molecule is Cc1nc(Cl)c(N)c(C)c1C(C)C. The van der Waals surface area contributed by atoms with Gasteiger partial charge in [0.15, 0.2) is 5.15 Å². The van der Waals surface area contributed by atoms with E-state index in [1.165, 1.54) is 5.56 Å². The van der Waals surface area contributed by atoms with Crippen molar-refractivity contribution in [2.45, 2.75) is 33.6 Å². The molecule has 0 aromatic carbocycles. The van der Waals surface area contributed by atoms with Gasteiger partial charge in [-0.3, -0.25) is 0 Å². The summed E-state index contributed by atoms with van der Waals surface area (Å²) < 4.78 is 0. The number of nitrogens with zero attached hydrogens (tertiary/aromatic N) is 1. The lowest BCUT2D eigenvalue weighted by molar-refractivity contribution is 0.833. The van der Waals surface area contributed by atoms with Gasteiger partial charge in [-0.1, -0.05) is 25.4 Å². The van der Waals surface area contributed by atoms with Crippen molar-refractivity contribution in [2.24, 2.45) is 0 Å². The van der Waals surface area contributed by atoms with Gasteiger partial charge in [0.1, 0.15) is 0 Å². The fraction of sp³-hybridized carbons (Fsp3) is 0.500. The minimum absolute atomic E-state index is 0.416. The zero-order valence-corrected chi connectivity index (χ0v) is 9.24. The maximum atomic E-state index is 5.86. The molecular formula is C10H15ClN2. The molecule has 0 amide bonds. The van der Waals surface area contributed by atoms with Crippen LogP contribution in [0, 0.1) is 13.8 Å². The number of pyridine rings is 1. The Bertz CT molecular complexity index is 332. The zero-order chi connectivity index (χ0) is 10.2. The summed E-state index contributed by atoms with van der Waals surface area (Å²) in [7, 11) is 0. The second-order valence-electron chi connectivity index (χ2n) is 3.60. The topological polar surface area (TPSA) is 38.9 Å². The first-order valence-corrected chi connectivity index (χ1v) is 4.75. The molecule has 0 radical (unpaired) electrons. The second kappa shape index (κ2) is 3.54. The molecule has 0 fully saturated rings. The van der Waals surface area contributed by atoms with Gasteiger partial charge in [0.25, 0.3) is 0 Å². The molecule has 1 heterocycles. The van der Waals surface area contributed by atoms with Crippen molar-refractivity contribution >= 4 is 17.3 Å². The standard InChI is InChI=1S/C10H15ClN2/c1-5(2)8-6(3)9(12)10(11)13-7(8)4/h5H,12H2,1-4H3. The molecular weight excluding hydrogens is 184 g/mol. The number of rotatable bonds is 1. The van der Waals surface area contributed by atoms with Crippen LogP contribution in [-0.4, -0.2) is 4.98 Å². The Labute approximate surface area is 84.1 Å². The van der Waals surface area contributed by atoms with Crippen molar-refractivity contribution in [2.75, 3.05) is 5.73 Å². The minimum Gasteiger partial charge on any atom is -0.396 e. The molecule has 0 saturated carbocycles. The molecule has 0 aliphatic heterocycles. The molecule has 0 bridgehead atoms. The molecule has 0 spiro atoms. The Balaban J connectivity index is 3.44. The van der Waals surface area contributed by atoms with Crippen LogP contribution in [0.1, 0.15) is 36.6 Å². The van der Waals surface area contributed by atoms with Gasteiger partial charge in [0.2, 0.25) is 0 Å². The van der Waals surface area contributed by atoms with E-state index in [1.54, 1.807) is 0 Å². The predicted molar refractivity (Wildman–Crippen MR) is 57.2 cm³/mol. The molecule has 3 heteroatoms. The van der Waals surface area contributed by atoms with Crippen molar-refractivity contribution < 1.29 is 0 Å². The highest BCUT2D eigenvalue weighted by Gasteiger charge is 2.13. The van der Waals surface area contributed by atoms with Gasteiger partial charge < -0.3 is 5.73 Å². The molecule has 1 rings (SSSR count). The zero-order valence-electron chi connectivity index (χ0n) is 8.48. The third-order valence-corrected chi connectivity index (χ3v) is 2.55. The normalized spacial score (nSPS) is 10.9. The van der Waals surface area contributed by atoms with Crippen molar-refractivity contribution in [1.29, 1.82) is 0 Å². The van der Waals surface area contributed by atoms with Gasteiger partial charge >= 0.3 is 0 Å². The summed E-state index contributed by atoms with van der Waals surface area (Å²) >= 11 is 5.86. The van der Waals surface area contributed by atoms with E-state index in [0.29, 0.717) is 16.8 Å². The van der Waals surface area contributed by atoms with Crippen LogP contribution in [0.3, 0.4) is 0 Å². The van der Waals surface area contributed by atoms with Crippen LogP contribution < -0.4 is 5.73 Å². The van der Waals surface area contributed by atoms with Crippen LogP contribution in [0.5, 0.6) is 0 Å². The van der Waals surface area contributed by atoms with Crippen molar-refractivity contribution in [3.63, 3.8) is 0 Å². The molecule has 2 N–H and O–H groups in total. The molecule has 1 aromatic heterocycles. The van der Waals surface area contributed by atoms with Gasteiger partial charge in [0, 0.05) is 5.69 Å². The molecule has 0 aliphatic carbocycles. The fourth-order valence-electron chi connectivity index (χ4n) is 1.69. The third-order valence-electron chi connectivity index (χ3n) is 2.26. The van der Waals surface area contributed by atoms with Gasteiger partial charge in [0.05, 0.1) is 5.69 Å². The average Bonchev–Trinajstić information content (AvgIpc) is 1.99. The first-order chi connectivity index (χ1) is 5.95. The summed E-state index contributed by atoms with van der Waals surface area (Å²) in [6.07, 6.45) is 0. The lowest BCUT2D eigenvalue weighted by Gasteiger charge is -2.15. The smallest absolute Gasteiger partial charge is 0.152 e. The number of hydrogen-bond donors (Lipinski definition) is 1. The predicted octanol–water partition coefficient (Wildman–Crippen LogP) is 3.06. The van der Waals surface area contributed by atoms with E-state index < -0.39 is 0 Å². The highest BCUT2D eigenvalue weighted by Crippen LogP contribution is 2.29. The number of aromatic nitrogens is 1.